The molecule has 8 nitrogen and oxygen atoms in total. The van der Waals surface area contributed by atoms with Gasteiger partial charge in [-0.05, 0) is 0 Å². The van der Waals surface area contributed by atoms with Crippen LogP contribution in [0, 0.1) is 0 Å². The normalized spacial score (nSPS) is 31.0. The van der Waals surface area contributed by atoms with Crippen molar-refractivity contribution in [1.29, 1.82) is 0 Å². The van der Waals surface area contributed by atoms with Crippen LogP contribution in [0.25, 0.3) is 0 Å². The van der Waals surface area contributed by atoms with Gasteiger partial charge in [-0.1, -0.05) is 78.6 Å². The van der Waals surface area contributed by atoms with Crippen LogP contribution in [0.2, 0.25) is 78.6 Å². The van der Waals surface area contributed by atoms with Gasteiger partial charge >= 0.3 is 16.6 Å². The van der Waals surface area contributed by atoms with Gasteiger partial charge in [0.2, 0.25) is 0 Å². The summed E-state index contributed by atoms with van der Waals surface area (Å²) in [5, 5.41) is 0. The van der Waals surface area contributed by atoms with Gasteiger partial charge < -0.3 is 26.6 Å². The topological polar surface area (TPSA) is 61.9 Å². The summed E-state index contributed by atoms with van der Waals surface area (Å²) in [6.45, 7) is 39.0. The molecule has 41 heavy (non-hydrogen) atoms. The summed E-state index contributed by atoms with van der Waals surface area (Å²) in [5.41, 5.74) is 0. The summed E-state index contributed by atoms with van der Waals surface area (Å²) < 4.78 is 40.9. The zero-order valence-corrected chi connectivity index (χ0v) is 38.4. The zero-order valence-electron chi connectivity index (χ0n) is 28.3. The van der Waals surface area contributed by atoms with Crippen molar-refractivity contribution in [1.82, 2.24) is 9.80 Å². The maximum atomic E-state index is 6.81. The third-order valence-corrected chi connectivity index (χ3v) is 87.6. The summed E-state index contributed by atoms with van der Waals surface area (Å²) in [4.78, 5) is 4.81. The molecule has 0 aromatic rings. The van der Waals surface area contributed by atoms with Crippen LogP contribution in [-0.2, 0) is 26.6 Å². The molecular formula is C24H60GeN2O6Si8. The van der Waals surface area contributed by atoms with Gasteiger partial charge in [-0.25, -0.2) is 0 Å². The van der Waals surface area contributed by atoms with Crippen molar-refractivity contribution < 1.29 is 26.6 Å². The molecule has 6 aliphatic rings. The van der Waals surface area contributed by atoms with Crippen molar-refractivity contribution in [3.63, 3.8) is 0 Å². The molecule has 0 unspecified atom stereocenters. The van der Waals surface area contributed by atoms with E-state index in [4.69, 9.17) is 26.6 Å². The molecule has 0 aromatic carbocycles. The summed E-state index contributed by atoms with van der Waals surface area (Å²) in [6.07, 6.45) is 0. The van der Waals surface area contributed by atoms with E-state index in [1.807, 2.05) is 0 Å². The average Bonchev–Trinajstić information content (AvgIpc) is 2.68. The molecule has 6 saturated heterocycles. The minimum atomic E-state index is -2.84. The van der Waals surface area contributed by atoms with Crippen molar-refractivity contribution in [3.8, 4) is 0 Å². The van der Waals surface area contributed by atoms with Crippen molar-refractivity contribution in [2.45, 2.75) is 78.6 Å². The minimum absolute atomic E-state index is 0. The van der Waals surface area contributed by atoms with E-state index in [1.54, 1.807) is 0 Å². The summed E-state index contributed by atoms with van der Waals surface area (Å²) in [6, 6.07) is 0. The van der Waals surface area contributed by atoms with Gasteiger partial charge in [0.05, 0.1) is 39.6 Å². The van der Waals surface area contributed by atoms with Crippen LogP contribution in [0.5, 0.6) is 0 Å². The van der Waals surface area contributed by atoms with Gasteiger partial charge in [0.15, 0.2) is 0 Å². The number of hydrogen-bond donors (Lipinski definition) is 0. The molecule has 0 aliphatic carbocycles. The van der Waals surface area contributed by atoms with Crippen molar-refractivity contribution in [2.75, 3.05) is 78.9 Å². The van der Waals surface area contributed by atoms with Crippen molar-refractivity contribution in [2.24, 2.45) is 0 Å². The van der Waals surface area contributed by atoms with Crippen LogP contribution in [0.15, 0.2) is 0 Å². The monoisotopic (exact) mass is 770 g/mol. The smallest absolute Gasteiger partial charge is 0.376 e. The molecule has 4 bridgehead atoms. The van der Waals surface area contributed by atoms with E-state index in [-0.39, 0.29) is 35.2 Å². The molecule has 6 fully saturated rings. The zero-order chi connectivity index (χ0) is 30.2. The van der Waals surface area contributed by atoms with Gasteiger partial charge in [-0.3, -0.25) is 9.80 Å². The van der Waals surface area contributed by atoms with Gasteiger partial charge in [0.1, 0.15) is 14.7 Å². The van der Waals surface area contributed by atoms with Crippen LogP contribution in [-0.4, -0.2) is 170 Å². The number of nitrogens with zero attached hydrogens (tertiary/aromatic N) is 2. The van der Waals surface area contributed by atoms with E-state index < -0.39 is 46.5 Å². The first-order chi connectivity index (χ1) is 18.5. The molecule has 0 atom stereocenters. The summed E-state index contributed by atoms with van der Waals surface area (Å²) >= 11 is 0. The van der Waals surface area contributed by atoms with Crippen LogP contribution in [0.1, 0.15) is 0 Å². The van der Waals surface area contributed by atoms with E-state index in [0.717, 1.165) is 78.9 Å². The second-order valence-electron chi connectivity index (χ2n) is 14.1. The molecule has 6 heterocycles. The Kier molecular flexibility index (Phi) is 18.3. The molecule has 6 aliphatic heterocycles. The predicted octanol–water partition coefficient (Wildman–Crippen LogP) is 3.04. The first kappa shape index (κ1) is 41.0. The average molecular weight is 770 g/mol. The quantitative estimate of drug-likeness (QED) is 0.396. The Morgan fingerprint density at radius 2 is 0.610 bits per heavy atom. The molecule has 0 amide bonds. The Morgan fingerprint density at radius 1 is 0.439 bits per heavy atom. The molecule has 6 rings (SSSR count). The second-order valence-corrected chi connectivity index (χ2v) is 65.3. The van der Waals surface area contributed by atoms with Gasteiger partial charge in [-0.2, -0.15) is 0 Å². The maximum absolute atomic E-state index is 6.81. The Bertz CT molecular complexity index is 631. The van der Waals surface area contributed by atoms with E-state index in [0.29, 0.717) is 0 Å². The molecule has 0 N–H and O–H groups in total. The van der Waals surface area contributed by atoms with Gasteiger partial charge in [0.25, 0.3) is 0 Å². The van der Waals surface area contributed by atoms with E-state index in [1.165, 1.54) is 0 Å². The van der Waals surface area contributed by atoms with Crippen molar-refractivity contribution in [3.05, 3.63) is 0 Å². The predicted molar refractivity (Wildman–Crippen MR) is 191 cm³/mol. The largest absolute Gasteiger partial charge is 0.461 e. The Hall–Kier alpha value is 1.96. The first-order valence-electron chi connectivity index (χ1n) is 15.1. The van der Waals surface area contributed by atoms with Crippen LogP contribution < -0.4 is 0 Å². The fourth-order valence-electron chi connectivity index (χ4n) is 5.18. The van der Waals surface area contributed by atoms with Crippen LogP contribution in [0.4, 0.5) is 0 Å². The molecule has 0 spiro atoms. The third-order valence-electron chi connectivity index (χ3n) is 6.56. The molecular weight excluding hydrogens is 710 g/mol. The molecule has 238 valence electrons. The molecule has 17 heteroatoms. The number of fused-ring (bicyclic) bond motifs is 12. The van der Waals surface area contributed by atoms with Gasteiger partial charge in [0, 0.05) is 89.6 Å². The minimum Gasteiger partial charge on any atom is -0.376 e. The Balaban J connectivity index is 0.000000830. The Labute approximate surface area is 274 Å². The third kappa shape index (κ3) is 12.9. The van der Waals surface area contributed by atoms with Crippen LogP contribution in [0.3, 0.4) is 0 Å². The summed E-state index contributed by atoms with van der Waals surface area (Å²) in [5.74, 6) is 0. The first-order valence-corrected chi connectivity index (χ1v) is 39.6. The summed E-state index contributed by atoms with van der Waals surface area (Å²) in [7, 11) is -11.2. The van der Waals surface area contributed by atoms with Gasteiger partial charge in [-0.15, -0.1) is 0 Å². The van der Waals surface area contributed by atoms with Crippen LogP contribution >= 0.6 is 0 Å². The fourth-order valence-corrected chi connectivity index (χ4v) is 129. The van der Waals surface area contributed by atoms with E-state index >= 15 is 0 Å². The molecule has 0 saturated carbocycles. The maximum Gasteiger partial charge on any atom is 0.461 e. The SMILES string of the molecule is C[Si](C)(C)[Si]([Si]([Si](C)(C)C)[Si]12OCCN(CCO1)CCO2)[Si]12OCCN(CCO1)CCO2.C[Si](C)C.C[Si](C)C.[Ge]. The number of rotatable bonds is 5. The Morgan fingerprint density at radius 3 is 0.756 bits per heavy atom. The standard InChI is InChI=1S/C18H42N2O6Si6.2C3H9Si.Ge/c1-29(2,3)27(31-21-13-7-19(8-14-22-31)9-15-23-31)28(30(4,5)6)32-24-16-10-20(11-17-25-32)12-18-26-32;2*1-4(2)3;/h7-18H2,1-6H3;2*1-3H3;. The molecule has 0 aromatic heterocycles. The molecule has 8 radical (unpaired) electrons. The second kappa shape index (κ2) is 18.3. The van der Waals surface area contributed by atoms with Crippen molar-refractivity contribution >= 4 is 81.7 Å². The van der Waals surface area contributed by atoms with E-state index in [9.17, 15) is 0 Å². The van der Waals surface area contributed by atoms with E-state index in [2.05, 4.69) is 88.4 Å². The number of hydrogen-bond acceptors (Lipinski definition) is 8. The fraction of sp³-hybridized carbons (Fsp3) is 1.00.